The van der Waals surface area contributed by atoms with Crippen molar-refractivity contribution in [2.24, 2.45) is 0 Å². The Morgan fingerprint density at radius 3 is 2.11 bits per heavy atom. The van der Waals surface area contributed by atoms with Gasteiger partial charge in [-0.1, -0.05) is 26.7 Å². The molecule has 4 nitrogen and oxygen atoms in total. The zero-order valence-corrected chi connectivity index (χ0v) is 12.5. The molecule has 18 heavy (non-hydrogen) atoms. The van der Waals surface area contributed by atoms with Crippen LogP contribution in [0, 0.1) is 0 Å². The van der Waals surface area contributed by atoms with Gasteiger partial charge in [0.2, 0.25) is 0 Å². The molecule has 0 amide bonds. The van der Waals surface area contributed by atoms with Crippen molar-refractivity contribution in [3.8, 4) is 0 Å². The first-order chi connectivity index (χ1) is 8.47. The molecule has 0 aromatic rings. The molecule has 0 aliphatic heterocycles. The minimum atomic E-state index is -0.405. The van der Waals surface area contributed by atoms with E-state index in [1.54, 1.807) is 20.8 Å². The Morgan fingerprint density at radius 2 is 1.72 bits per heavy atom. The highest BCUT2D eigenvalue weighted by molar-refractivity contribution is 5.75. The Kier molecular flexibility index (Phi) is 15.3. The van der Waals surface area contributed by atoms with Crippen molar-refractivity contribution >= 4 is 11.8 Å². The number of carbonyl (C=O) groups excluding carboxylic acids is 2. The van der Waals surface area contributed by atoms with Gasteiger partial charge < -0.3 is 14.3 Å². The van der Waals surface area contributed by atoms with E-state index in [1.165, 1.54) is 12.8 Å². The predicted octanol–water partition coefficient (Wildman–Crippen LogP) is 3.48. The Hall–Kier alpha value is -0.900. The number of Topliss-reactive ketones (excluding diaryl/α,β-unsaturated/α-hetero) is 1. The molecule has 0 aromatic heterocycles. The van der Waals surface area contributed by atoms with Gasteiger partial charge in [0.15, 0.2) is 6.29 Å². The Morgan fingerprint density at radius 1 is 1.11 bits per heavy atom. The average Bonchev–Trinajstić information content (AvgIpc) is 2.30. The van der Waals surface area contributed by atoms with Gasteiger partial charge in [-0.05, 0) is 27.2 Å². The third-order valence-electron chi connectivity index (χ3n) is 2.12. The minimum absolute atomic E-state index is 0.221. The minimum Gasteiger partial charge on any atom is -0.436 e. The van der Waals surface area contributed by atoms with Gasteiger partial charge in [0, 0.05) is 19.4 Å². The summed E-state index contributed by atoms with van der Waals surface area (Å²) in [6.45, 7) is 9.67. The van der Waals surface area contributed by atoms with Gasteiger partial charge in [0.1, 0.15) is 5.78 Å². The van der Waals surface area contributed by atoms with Crippen molar-refractivity contribution < 1.29 is 19.1 Å². The number of ketones is 1. The Bertz CT molecular complexity index is 214. The molecular weight excluding hydrogens is 232 g/mol. The fourth-order valence-corrected chi connectivity index (χ4v) is 1.16. The molecule has 1 atom stereocenters. The predicted molar refractivity (Wildman–Crippen MR) is 72.3 cm³/mol. The van der Waals surface area contributed by atoms with E-state index >= 15 is 0 Å². The Balaban J connectivity index is 0. The molecule has 0 saturated heterocycles. The number of ether oxygens (including phenoxy) is 2. The van der Waals surface area contributed by atoms with Crippen molar-refractivity contribution in [2.75, 3.05) is 6.61 Å². The standard InChI is InChI=1S/C7H14O3.C7H14O/c1-4-7(8)10-6(3)9-5-2;1-3-4-5-6-7(2)8/h6H,4-5H2,1-3H3;3-6H2,1-2H3. The number of esters is 1. The van der Waals surface area contributed by atoms with Crippen molar-refractivity contribution in [2.45, 2.75) is 73.0 Å². The number of rotatable bonds is 8. The van der Waals surface area contributed by atoms with Crippen LogP contribution in [-0.2, 0) is 19.1 Å². The molecule has 0 aromatic carbocycles. The molecule has 0 heterocycles. The van der Waals surface area contributed by atoms with E-state index in [4.69, 9.17) is 9.47 Å². The molecule has 0 fully saturated rings. The smallest absolute Gasteiger partial charge is 0.307 e. The fourth-order valence-electron chi connectivity index (χ4n) is 1.16. The van der Waals surface area contributed by atoms with E-state index in [0.717, 1.165) is 12.8 Å². The van der Waals surface area contributed by atoms with Crippen molar-refractivity contribution in [3.05, 3.63) is 0 Å². The maximum atomic E-state index is 10.6. The van der Waals surface area contributed by atoms with Crippen molar-refractivity contribution in [3.63, 3.8) is 0 Å². The molecule has 108 valence electrons. The van der Waals surface area contributed by atoms with Gasteiger partial charge in [-0.2, -0.15) is 0 Å². The van der Waals surface area contributed by atoms with Crippen LogP contribution in [-0.4, -0.2) is 24.6 Å². The van der Waals surface area contributed by atoms with Crippen LogP contribution >= 0.6 is 0 Å². The van der Waals surface area contributed by atoms with Crippen LogP contribution in [0.15, 0.2) is 0 Å². The first-order valence-electron chi connectivity index (χ1n) is 6.78. The van der Waals surface area contributed by atoms with E-state index in [0.29, 0.717) is 18.8 Å². The molecule has 0 aliphatic carbocycles. The molecule has 0 saturated carbocycles. The lowest BCUT2D eigenvalue weighted by atomic mass is 10.2. The SMILES string of the molecule is CCCCCC(C)=O.CCOC(C)OC(=O)CC. The van der Waals surface area contributed by atoms with Gasteiger partial charge in [-0.15, -0.1) is 0 Å². The zero-order chi connectivity index (χ0) is 14.4. The maximum absolute atomic E-state index is 10.6. The normalized spacial score (nSPS) is 11.2. The quantitative estimate of drug-likeness (QED) is 0.381. The maximum Gasteiger partial charge on any atom is 0.307 e. The highest BCUT2D eigenvalue weighted by Crippen LogP contribution is 1.98. The summed E-state index contributed by atoms with van der Waals surface area (Å²) in [6.07, 6.45) is 4.24. The molecule has 0 radical (unpaired) electrons. The number of carbonyl (C=O) groups is 2. The van der Waals surface area contributed by atoms with E-state index in [2.05, 4.69) is 6.92 Å². The summed E-state index contributed by atoms with van der Waals surface area (Å²) in [5.74, 6) is 0.0967. The van der Waals surface area contributed by atoms with Crippen LogP contribution in [0.25, 0.3) is 0 Å². The van der Waals surface area contributed by atoms with E-state index < -0.39 is 6.29 Å². The summed E-state index contributed by atoms with van der Waals surface area (Å²) in [4.78, 5) is 20.9. The second-order valence-corrected chi connectivity index (χ2v) is 4.03. The molecule has 0 spiro atoms. The highest BCUT2D eigenvalue weighted by atomic mass is 16.7. The first-order valence-corrected chi connectivity index (χ1v) is 6.78. The van der Waals surface area contributed by atoms with Gasteiger partial charge in [-0.3, -0.25) is 4.79 Å². The van der Waals surface area contributed by atoms with Crippen molar-refractivity contribution in [1.29, 1.82) is 0 Å². The number of unbranched alkanes of at least 4 members (excludes halogenated alkanes) is 2. The van der Waals surface area contributed by atoms with E-state index in [-0.39, 0.29) is 5.97 Å². The van der Waals surface area contributed by atoms with Gasteiger partial charge in [0.25, 0.3) is 0 Å². The lowest BCUT2D eigenvalue weighted by molar-refractivity contribution is -0.173. The summed E-state index contributed by atoms with van der Waals surface area (Å²) in [5.41, 5.74) is 0. The lowest BCUT2D eigenvalue weighted by Gasteiger charge is -2.11. The topological polar surface area (TPSA) is 52.6 Å². The lowest BCUT2D eigenvalue weighted by Crippen LogP contribution is -2.17. The molecule has 0 N–H and O–H groups in total. The molecule has 1 unspecified atom stereocenters. The van der Waals surface area contributed by atoms with Crippen LogP contribution in [0.4, 0.5) is 0 Å². The van der Waals surface area contributed by atoms with Gasteiger partial charge in [-0.25, -0.2) is 0 Å². The molecule has 0 bridgehead atoms. The third kappa shape index (κ3) is 17.5. The van der Waals surface area contributed by atoms with E-state index in [9.17, 15) is 9.59 Å². The second-order valence-electron chi connectivity index (χ2n) is 4.03. The first kappa shape index (κ1) is 19.4. The number of hydrogen-bond donors (Lipinski definition) is 0. The van der Waals surface area contributed by atoms with Gasteiger partial charge in [0.05, 0.1) is 0 Å². The highest BCUT2D eigenvalue weighted by Gasteiger charge is 2.04. The largest absolute Gasteiger partial charge is 0.436 e. The number of hydrogen-bond acceptors (Lipinski definition) is 4. The van der Waals surface area contributed by atoms with E-state index in [1.807, 2.05) is 6.92 Å². The average molecular weight is 260 g/mol. The molecule has 0 rings (SSSR count). The van der Waals surface area contributed by atoms with Gasteiger partial charge >= 0.3 is 5.97 Å². The summed E-state index contributed by atoms with van der Waals surface area (Å²) in [7, 11) is 0. The summed E-state index contributed by atoms with van der Waals surface area (Å²) in [5, 5.41) is 0. The fraction of sp³-hybridized carbons (Fsp3) is 0.857. The third-order valence-corrected chi connectivity index (χ3v) is 2.12. The molecule has 4 heteroatoms. The Labute approximate surface area is 111 Å². The second kappa shape index (κ2) is 14.2. The van der Waals surface area contributed by atoms with Crippen LogP contribution < -0.4 is 0 Å². The van der Waals surface area contributed by atoms with Crippen LogP contribution in [0.5, 0.6) is 0 Å². The monoisotopic (exact) mass is 260 g/mol. The van der Waals surface area contributed by atoms with Crippen LogP contribution in [0.2, 0.25) is 0 Å². The molecule has 0 aliphatic rings. The summed E-state index contributed by atoms with van der Waals surface area (Å²) < 4.78 is 9.75. The van der Waals surface area contributed by atoms with Crippen LogP contribution in [0.3, 0.4) is 0 Å². The van der Waals surface area contributed by atoms with Crippen LogP contribution in [0.1, 0.15) is 66.7 Å². The summed E-state index contributed by atoms with van der Waals surface area (Å²) in [6, 6.07) is 0. The summed E-state index contributed by atoms with van der Waals surface area (Å²) >= 11 is 0. The molecular formula is C14H28O4. The zero-order valence-electron chi connectivity index (χ0n) is 12.5. The van der Waals surface area contributed by atoms with Crippen molar-refractivity contribution in [1.82, 2.24) is 0 Å².